The van der Waals surface area contributed by atoms with Gasteiger partial charge in [-0.2, -0.15) is 0 Å². The van der Waals surface area contributed by atoms with Crippen LogP contribution in [0.15, 0.2) is 30.7 Å². The van der Waals surface area contributed by atoms with Crippen LogP contribution < -0.4 is 20.3 Å². The molecule has 20 heavy (non-hydrogen) atoms. The average molecular weight is 263 g/mol. The van der Waals surface area contributed by atoms with Crippen LogP contribution in [-0.4, -0.2) is 26.5 Å². The lowest BCUT2D eigenvalue weighted by molar-refractivity contribution is 0.359. The molecule has 0 aliphatic carbocycles. The van der Waals surface area contributed by atoms with Crippen molar-refractivity contribution in [2.75, 3.05) is 11.5 Å². The van der Waals surface area contributed by atoms with E-state index in [2.05, 4.69) is 24.8 Å². The van der Waals surface area contributed by atoms with E-state index in [4.69, 9.17) is 4.74 Å². The SMILES string of the molecule is C1=c2ccc([nH]2)=C2COc3nccc4ncnc(c34)N12. The van der Waals surface area contributed by atoms with E-state index in [9.17, 15) is 0 Å². The summed E-state index contributed by atoms with van der Waals surface area (Å²) in [6, 6.07) is 5.96. The summed E-state index contributed by atoms with van der Waals surface area (Å²) in [5.41, 5.74) is 1.86. The molecule has 3 aromatic heterocycles. The fourth-order valence-electron chi connectivity index (χ4n) is 2.73. The minimum Gasteiger partial charge on any atom is -0.471 e. The summed E-state index contributed by atoms with van der Waals surface area (Å²) in [6.45, 7) is 0.443. The predicted octanol–water partition coefficient (Wildman–Crippen LogP) is 0.112. The van der Waals surface area contributed by atoms with Gasteiger partial charge >= 0.3 is 0 Å². The highest BCUT2D eigenvalue weighted by molar-refractivity contribution is 5.99. The number of H-pyrrole nitrogens is 1. The van der Waals surface area contributed by atoms with E-state index < -0.39 is 0 Å². The number of hydrogen-bond donors (Lipinski definition) is 1. The van der Waals surface area contributed by atoms with E-state index in [-0.39, 0.29) is 0 Å². The molecule has 0 fully saturated rings. The maximum atomic E-state index is 5.85. The van der Waals surface area contributed by atoms with E-state index in [1.54, 1.807) is 12.5 Å². The standard InChI is InChI=1S/C14H9N5O/c1-2-9-11-6-20-14-12-10(3-4-15-14)16-7-17-13(12)19(11)5-8(1)18-9/h1-5,7,18H,6H2. The smallest absolute Gasteiger partial charge is 0.227 e. The summed E-state index contributed by atoms with van der Waals surface area (Å²) in [5.74, 6) is 1.39. The zero-order valence-electron chi connectivity index (χ0n) is 10.4. The Morgan fingerprint density at radius 3 is 3.15 bits per heavy atom. The Hall–Kier alpha value is -2.89. The number of fused-ring (bicyclic) bond motifs is 4. The zero-order valence-corrected chi connectivity index (χ0v) is 10.4. The highest BCUT2D eigenvalue weighted by Crippen LogP contribution is 2.35. The molecule has 0 aromatic carbocycles. The van der Waals surface area contributed by atoms with Crippen LogP contribution in [0.2, 0.25) is 0 Å². The molecule has 0 spiro atoms. The number of ether oxygens (including phenoxy) is 1. The van der Waals surface area contributed by atoms with Gasteiger partial charge in [0.05, 0.1) is 21.9 Å². The van der Waals surface area contributed by atoms with Gasteiger partial charge in [0.25, 0.3) is 0 Å². The molecule has 5 rings (SSSR count). The van der Waals surface area contributed by atoms with Gasteiger partial charge in [-0.3, -0.25) is 4.90 Å². The minimum absolute atomic E-state index is 0.443. The van der Waals surface area contributed by atoms with Gasteiger partial charge in [-0.05, 0) is 18.2 Å². The second-order valence-electron chi connectivity index (χ2n) is 4.77. The minimum atomic E-state index is 0.443. The number of rotatable bonds is 0. The first-order valence-electron chi connectivity index (χ1n) is 6.32. The van der Waals surface area contributed by atoms with Crippen LogP contribution in [0, 0.1) is 0 Å². The highest BCUT2D eigenvalue weighted by atomic mass is 16.5. The van der Waals surface area contributed by atoms with E-state index in [0.717, 1.165) is 33.1 Å². The fourth-order valence-corrected chi connectivity index (χ4v) is 2.73. The lowest BCUT2D eigenvalue weighted by atomic mass is 10.2. The monoisotopic (exact) mass is 263 g/mol. The van der Waals surface area contributed by atoms with Crippen molar-refractivity contribution in [3.05, 3.63) is 41.4 Å². The van der Waals surface area contributed by atoms with Gasteiger partial charge in [-0.25, -0.2) is 15.0 Å². The molecule has 6 heteroatoms. The summed E-state index contributed by atoms with van der Waals surface area (Å²) in [4.78, 5) is 18.4. The summed E-state index contributed by atoms with van der Waals surface area (Å²) in [6.07, 6.45) is 5.31. The highest BCUT2D eigenvalue weighted by Gasteiger charge is 2.25. The third-order valence-electron chi connectivity index (χ3n) is 3.65. The first kappa shape index (κ1) is 9.96. The van der Waals surface area contributed by atoms with Crippen molar-refractivity contribution in [2.45, 2.75) is 0 Å². The van der Waals surface area contributed by atoms with Crippen LogP contribution in [0.25, 0.3) is 22.8 Å². The molecule has 2 aliphatic rings. The first-order valence-corrected chi connectivity index (χ1v) is 6.32. The lowest BCUT2D eigenvalue weighted by Gasteiger charge is -2.21. The molecule has 2 aliphatic heterocycles. The maximum Gasteiger partial charge on any atom is 0.227 e. The van der Waals surface area contributed by atoms with Crippen molar-refractivity contribution in [3.63, 3.8) is 0 Å². The van der Waals surface area contributed by atoms with Crippen molar-refractivity contribution >= 4 is 28.6 Å². The molecular formula is C14H9N5O. The Balaban J connectivity index is 1.94. The quantitative estimate of drug-likeness (QED) is 0.623. The molecule has 2 bridgehead atoms. The third-order valence-corrected chi connectivity index (χ3v) is 3.65. The van der Waals surface area contributed by atoms with Gasteiger partial charge in [-0.15, -0.1) is 0 Å². The Kier molecular flexibility index (Phi) is 1.67. The van der Waals surface area contributed by atoms with Crippen LogP contribution in [-0.2, 0) is 0 Å². The molecule has 0 atom stereocenters. The number of hydrogen-bond acceptors (Lipinski definition) is 5. The second-order valence-corrected chi connectivity index (χ2v) is 4.77. The summed E-state index contributed by atoms with van der Waals surface area (Å²) < 4.78 is 5.85. The number of nitrogens with one attached hydrogen (secondary N) is 1. The fraction of sp³-hybridized carbons (Fsp3) is 0.0714. The molecule has 6 nitrogen and oxygen atoms in total. The second kappa shape index (κ2) is 3.36. The summed E-state index contributed by atoms with van der Waals surface area (Å²) in [7, 11) is 0. The number of anilines is 1. The van der Waals surface area contributed by atoms with Crippen molar-refractivity contribution in [2.24, 2.45) is 0 Å². The van der Waals surface area contributed by atoms with Crippen LogP contribution in [0.4, 0.5) is 5.82 Å². The van der Waals surface area contributed by atoms with Gasteiger partial charge in [0.2, 0.25) is 5.88 Å². The molecule has 0 saturated carbocycles. The third kappa shape index (κ3) is 1.15. The van der Waals surface area contributed by atoms with Crippen LogP contribution in [0.1, 0.15) is 0 Å². The van der Waals surface area contributed by atoms with Crippen molar-refractivity contribution < 1.29 is 4.74 Å². The Labute approximate surface area is 113 Å². The van der Waals surface area contributed by atoms with E-state index >= 15 is 0 Å². The van der Waals surface area contributed by atoms with Crippen LogP contribution >= 0.6 is 0 Å². The van der Waals surface area contributed by atoms with Gasteiger partial charge < -0.3 is 9.72 Å². The average Bonchev–Trinajstić information content (AvgIpc) is 2.79. The van der Waals surface area contributed by atoms with E-state index in [1.807, 2.05) is 24.4 Å². The van der Waals surface area contributed by atoms with Crippen molar-refractivity contribution in [1.29, 1.82) is 0 Å². The van der Waals surface area contributed by atoms with E-state index in [0.29, 0.717) is 12.5 Å². The molecule has 0 saturated heterocycles. The van der Waals surface area contributed by atoms with Gasteiger partial charge in [0, 0.05) is 12.4 Å². The van der Waals surface area contributed by atoms with Crippen molar-refractivity contribution in [3.8, 4) is 5.88 Å². The lowest BCUT2D eigenvalue weighted by Crippen LogP contribution is -2.32. The van der Waals surface area contributed by atoms with Crippen LogP contribution in [0.3, 0.4) is 0 Å². The van der Waals surface area contributed by atoms with Crippen LogP contribution in [0.5, 0.6) is 5.88 Å². The molecule has 0 amide bonds. The van der Waals surface area contributed by atoms with Gasteiger partial charge in [-0.1, -0.05) is 0 Å². The molecule has 5 heterocycles. The molecule has 0 radical (unpaired) electrons. The number of aromatic nitrogens is 4. The Morgan fingerprint density at radius 1 is 1.15 bits per heavy atom. The van der Waals surface area contributed by atoms with E-state index in [1.165, 1.54) is 0 Å². The zero-order chi connectivity index (χ0) is 13.1. The number of aromatic amines is 1. The predicted molar refractivity (Wildman–Crippen MR) is 73.2 cm³/mol. The topological polar surface area (TPSA) is 66.9 Å². The van der Waals surface area contributed by atoms with Gasteiger partial charge in [0.15, 0.2) is 5.82 Å². The normalized spacial score (nSPS) is 15.4. The molecule has 1 N–H and O–H groups in total. The van der Waals surface area contributed by atoms with Crippen molar-refractivity contribution in [1.82, 2.24) is 19.9 Å². The summed E-state index contributed by atoms with van der Waals surface area (Å²) >= 11 is 0. The molecular weight excluding hydrogens is 254 g/mol. The maximum absolute atomic E-state index is 5.85. The number of nitrogens with zero attached hydrogens (tertiary/aromatic N) is 4. The molecule has 3 aromatic rings. The Morgan fingerprint density at radius 2 is 2.15 bits per heavy atom. The largest absolute Gasteiger partial charge is 0.471 e. The first-order chi connectivity index (χ1) is 9.90. The van der Waals surface area contributed by atoms with Gasteiger partial charge in [0.1, 0.15) is 18.3 Å². The molecule has 0 unspecified atom stereocenters. The molecule has 96 valence electrons. The summed E-state index contributed by atoms with van der Waals surface area (Å²) in [5, 5.41) is 2.94. The Bertz CT molecular complexity index is 969. The number of pyridine rings is 1.